The van der Waals surface area contributed by atoms with E-state index in [1.165, 1.54) is 4.88 Å². The van der Waals surface area contributed by atoms with Gasteiger partial charge in [-0.15, -0.1) is 11.3 Å². The lowest BCUT2D eigenvalue weighted by molar-refractivity contribution is -0.118. The van der Waals surface area contributed by atoms with Crippen LogP contribution < -0.4 is 5.73 Å². The Labute approximate surface area is 123 Å². The minimum atomic E-state index is -0.0695. The zero-order valence-electron chi connectivity index (χ0n) is 11.9. The highest BCUT2D eigenvalue weighted by molar-refractivity contribution is 7.11. The first-order chi connectivity index (χ1) is 9.56. The van der Waals surface area contributed by atoms with Crippen LogP contribution in [0, 0.1) is 13.8 Å². The van der Waals surface area contributed by atoms with Crippen LogP contribution in [0.15, 0.2) is 30.3 Å². The van der Waals surface area contributed by atoms with Gasteiger partial charge in [-0.1, -0.05) is 30.3 Å². The van der Waals surface area contributed by atoms with Crippen LogP contribution in [0.1, 0.15) is 40.0 Å². The fourth-order valence-corrected chi connectivity index (χ4v) is 3.02. The largest absolute Gasteiger partial charge is 0.324 e. The van der Waals surface area contributed by atoms with Crippen molar-refractivity contribution in [2.75, 3.05) is 0 Å². The lowest BCUT2D eigenvalue weighted by Crippen LogP contribution is -2.13. The fourth-order valence-electron chi connectivity index (χ4n) is 2.06. The van der Waals surface area contributed by atoms with Crippen LogP contribution in [-0.2, 0) is 11.2 Å². The SMILES string of the molecule is Cc1nc(CC(=O)CCC(N)c2ccccc2)sc1C. The number of nitrogens with zero attached hydrogens (tertiary/aromatic N) is 1. The quantitative estimate of drug-likeness (QED) is 0.887. The van der Waals surface area contributed by atoms with Gasteiger partial charge in [-0.3, -0.25) is 4.79 Å². The summed E-state index contributed by atoms with van der Waals surface area (Å²) in [5.74, 6) is 0.213. The first-order valence-electron chi connectivity index (χ1n) is 6.81. The molecule has 1 aromatic carbocycles. The molecule has 1 heterocycles. The molecule has 0 aliphatic heterocycles. The molecule has 0 bridgehead atoms. The van der Waals surface area contributed by atoms with Crippen LogP contribution in [0.5, 0.6) is 0 Å². The zero-order valence-corrected chi connectivity index (χ0v) is 12.7. The molecule has 0 radical (unpaired) electrons. The molecule has 0 amide bonds. The van der Waals surface area contributed by atoms with Gasteiger partial charge in [0.25, 0.3) is 0 Å². The van der Waals surface area contributed by atoms with Gasteiger partial charge in [0.05, 0.1) is 12.1 Å². The van der Waals surface area contributed by atoms with Gasteiger partial charge >= 0.3 is 0 Å². The molecule has 1 aromatic heterocycles. The van der Waals surface area contributed by atoms with Gasteiger partial charge in [-0.2, -0.15) is 0 Å². The molecule has 20 heavy (non-hydrogen) atoms. The third-order valence-corrected chi connectivity index (χ3v) is 4.46. The Bertz CT molecular complexity index is 558. The van der Waals surface area contributed by atoms with Crippen molar-refractivity contribution >= 4 is 17.1 Å². The van der Waals surface area contributed by atoms with Crippen LogP contribution in [-0.4, -0.2) is 10.8 Å². The Morgan fingerprint density at radius 2 is 2.00 bits per heavy atom. The second-order valence-corrected chi connectivity index (χ2v) is 6.31. The normalized spacial score (nSPS) is 12.3. The predicted octanol–water partition coefficient (Wildman–Crippen LogP) is 3.35. The van der Waals surface area contributed by atoms with Gasteiger partial charge < -0.3 is 5.73 Å². The number of hydrogen-bond acceptors (Lipinski definition) is 4. The number of rotatable bonds is 6. The highest BCUT2D eigenvalue weighted by Gasteiger charge is 2.12. The Kier molecular flexibility index (Phi) is 5.04. The molecule has 1 unspecified atom stereocenters. The predicted molar refractivity (Wildman–Crippen MR) is 82.9 cm³/mol. The Hall–Kier alpha value is -1.52. The average molecular weight is 288 g/mol. The second kappa shape index (κ2) is 6.77. The summed E-state index contributed by atoms with van der Waals surface area (Å²) < 4.78 is 0. The van der Waals surface area contributed by atoms with E-state index in [1.54, 1.807) is 11.3 Å². The number of benzene rings is 1. The maximum atomic E-state index is 12.0. The number of hydrogen-bond donors (Lipinski definition) is 1. The van der Waals surface area contributed by atoms with E-state index in [1.807, 2.05) is 44.2 Å². The average Bonchev–Trinajstić information content (AvgIpc) is 2.75. The molecule has 3 nitrogen and oxygen atoms in total. The molecule has 0 aliphatic rings. The van der Waals surface area contributed by atoms with Crippen molar-refractivity contribution in [2.45, 2.75) is 39.2 Å². The van der Waals surface area contributed by atoms with Gasteiger partial charge in [-0.05, 0) is 25.8 Å². The maximum Gasteiger partial charge on any atom is 0.139 e. The van der Waals surface area contributed by atoms with Crippen LogP contribution in [0.25, 0.3) is 0 Å². The number of carbonyl (C=O) groups excluding carboxylic acids is 1. The Morgan fingerprint density at radius 1 is 1.30 bits per heavy atom. The summed E-state index contributed by atoms with van der Waals surface area (Å²) in [4.78, 5) is 17.6. The van der Waals surface area contributed by atoms with Gasteiger partial charge in [-0.25, -0.2) is 4.98 Å². The van der Waals surface area contributed by atoms with Crippen LogP contribution in [0.3, 0.4) is 0 Å². The number of aromatic nitrogens is 1. The van der Waals surface area contributed by atoms with Crippen LogP contribution in [0.2, 0.25) is 0 Å². The summed E-state index contributed by atoms with van der Waals surface area (Å²) in [7, 11) is 0. The number of Topliss-reactive ketones (excluding diaryl/α,β-unsaturated/α-hetero) is 1. The van der Waals surface area contributed by atoms with E-state index < -0.39 is 0 Å². The molecule has 0 spiro atoms. The van der Waals surface area contributed by atoms with Gasteiger partial charge in [0.2, 0.25) is 0 Å². The monoisotopic (exact) mass is 288 g/mol. The summed E-state index contributed by atoms with van der Waals surface area (Å²) in [5.41, 5.74) is 8.21. The molecule has 0 saturated carbocycles. The summed E-state index contributed by atoms with van der Waals surface area (Å²) in [6.45, 7) is 4.01. The van der Waals surface area contributed by atoms with Crippen molar-refractivity contribution < 1.29 is 4.79 Å². The van der Waals surface area contributed by atoms with Crippen molar-refractivity contribution in [2.24, 2.45) is 5.73 Å². The van der Waals surface area contributed by atoms with Gasteiger partial charge in [0.15, 0.2) is 0 Å². The van der Waals surface area contributed by atoms with Gasteiger partial charge in [0.1, 0.15) is 10.8 Å². The molecule has 1 atom stereocenters. The van der Waals surface area contributed by atoms with E-state index in [9.17, 15) is 4.79 Å². The van der Waals surface area contributed by atoms with E-state index in [0.717, 1.165) is 16.3 Å². The minimum absolute atomic E-state index is 0.0695. The van der Waals surface area contributed by atoms with E-state index >= 15 is 0 Å². The molecule has 106 valence electrons. The number of ketones is 1. The number of thiazole rings is 1. The lowest BCUT2D eigenvalue weighted by atomic mass is 10.0. The molecule has 0 saturated heterocycles. The van der Waals surface area contributed by atoms with Crippen molar-refractivity contribution in [3.8, 4) is 0 Å². The Morgan fingerprint density at radius 3 is 2.60 bits per heavy atom. The molecular formula is C16H20N2OS. The molecular weight excluding hydrogens is 268 g/mol. The van der Waals surface area contributed by atoms with E-state index in [0.29, 0.717) is 19.3 Å². The first kappa shape index (κ1) is 14.9. The molecule has 2 aromatic rings. The smallest absolute Gasteiger partial charge is 0.139 e. The third-order valence-electron chi connectivity index (χ3n) is 3.38. The number of carbonyl (C=O) groups is 1. The molecule has 0 fully saturated rings. The molecule has 2 N–H and O–H groups in total. The maximum absolute atomic E-state index is 12.0. The van der Waals surface area contributed by atoms with Crippen molar-refractivity contribution in [3.05, 3.63) is 51.5 Å². The highest BCUT2D eigenvalue weighted by Crippen LogP contribution is 2.19. The molecule has 2 rings (SSSR count). The lowest BCUT2D eigenvalue weighted by Gasteiger charge is -2.10. The van der Waals surface area contributed by atoms with Crippen molar-refractivity contribution in [1.82, 2.24) is 4.98 Å². The van der Waals surface area contributed by atoms with Crippen LogP contribution in [0.4, 0.5) is 0 Å². The first-order valence-corrected chi connectivity index (χ1v) is 7.63. The second-order valence-electron chi connectivity index (χ2n) is 5.02. The Balaban J connectivity index is 1.83. The summed E-state index contributed by atoms with van der Waals surface area (Å²) >= 11 is 1.61. The van der Waals surface area contributed by atoms with E-state index in [2.05, 4.69) is 4.98 Å². The fraction of sp³-hybridized carbons (Fsp3) is 0.375. The number of nitrogens with two attached hydrogens (primary N) is 1. The zero-order chi connectivity index (χ0) is 14.5. The molecule has 0 aliphatic carbocycles. The third kappa shape index (κ3) is 3.99. The minimum Gasteiger partial charge on any atom is -0.324 e. The van der Waals surface area contributed by atoms with E-state index in [4.69, 9.17) is 5.73 Å². The van der Waals surface area contributed by atoms with E-state index in [-0.39, 0.29) is 11.8 Å². The number of aryl methyl sites for hydroxylation is 2. The summed E-state index contributed by atoms with van der Waals surface area (Å²) in [6.07, 6.45) is 1.63. The van der Waals surface area contributed by atoms with Crippen LogP contribution >= 0.6 is 11.3 Å². The topological polar surface area (TPSA) is 56.0 Å². The summed E-state index contributed by atoms with van der Waals surface area (Å²) in [5, 5.41) is 0.915. The molecule has 4 heteroatoms. The van der Waals surface area contributed by atoms with Crippen molar-refractivity contribution in [3.63, 3.8) is 0 Å². The van der Waals surface area contributed by atoms with Gasteiger partial charge in [0, 0.05) is 17.3 Å². The highest BCUT2D eigenvalue weighted by atomic mass is 32.1. The standard InChI is InChI=1S/C16H20N2OS/c1-11-12(2)20-16(18-11)10-14(19)8-9-15(17)13-6-4-3-5-7-13/h3-7,15H,8-10,17H2,1-2H3. The summed E-state index contributed by atoms with van der Waals surface area (Å²) in [6, 6.07) is 9.84. The van der Waals surface area contributed by atoms with Crippen molar-refractivity contribution in [1.29, 1.82) is 0 Å².